The van der Waals surface area contributed by atoms with E-state index in [1.54, 1.807) is 13.1 Å². The van der Waals surface area contributed by atoms with Gasteiger partial charge in [-0.2, -0.15) is 0 Å². The molecule has 0 saturated heterocycles. The number of Topliss-reactive ketones (excluding diaryl/α,β-unsaturated/α-hetero) is 1. The Morgan fingerprint density at radius 3 is 2.78 bits per heavy atom. The highest BCUT2D eigenvalue weighted by Crippen LogP contribution is 2.29. The van der Waals surface area contributed by atoms with Crippen LogP contribution in [0.5, 0.6) is 0 Å². The maximum atomic E-state index is 12.3. The van der Waals surface area contributed by atoms with Gasteiger partial charge in [-0.3, -0.25) is 4.79 Å². The van der Waals surface area contributed by atoms with Gasteiger partial charge in [0.05, 0.1) is 23.3 Å². The minimum Gasteiger partial charge on any atom is -0.462 e. The smallest absolute Gasteiger partial charge is 0.340 e. The summed E-state index contributed by atoms with van der Waals surface area (Å²) in [5, 5.41) is 0.609. The third-order valence-corrected chi connectivity index (χ3v) is 4.35. The van der Waals surface area contributed by atoms with Crippen molar-refractivity contribution in [1.29, 1.82) is 0 Å². The summed E-state index contributed by atoms with van der Waals surface area (Å²) in [6, 6.07) is 7.57. The van der Waals surface area contributed by atoms with Gasteiger partial charge < -0.3 is 9.72 Å². The minimum atomic E-state index is -0.426. The number of aromatic nitrogens is 3. The summed E-state index contributed by atoms with van der Waals surface area (Å²) >= 11 is 0. The highest BCUT2D eigenvalue weighted by Gasteiger charge is 2.19. The Morgan fingerprint density at radius 2 is 2.04 bits per heavy atom. The molecular weight excluding hydrogens is 342 g/mol. The zero-order valence-electron chi connectivity index (χ0n) is 15.4. The van der Waals surface area contributed by atoms with Crippen molar-refractivity contribution in [2.24, 2.45) is 0 Å². The van der Waals surface area contributed by atoms with Gasteiger partial charge >= 0.3 is 5.97 Å². The first-order valence-corrected chi connectivity index (χ1v) is 8.84. The molecule has 0 radical (unpaired) electrons. The van der Waals surface area contributed by atoms with Crippen LogP contribution >= 0.6 is 0 Å². The van der Waals surface area contributed by atoms with Gasteiger partial charge in [0.1, 0.15) is 12.0 Å². The quantitative estimate of drug-likeness (QED) is 0.509. The van der Waals surface area contributed by atoms with Crippen LogP contribution in [0.1, 0.15) is 36.2 Å². The fraction of sp³-hybridized carbons (Fsp3) is 0.238. The lowest BCUT2D eigenvalue weighted by atomic mass is 9.99. The Kier molecular flexibility index (Phi) is 5.45. The topological polar surface area (TPSA) is 84.9 Å². The number of ether oxygens (including phenoxy) is 1. The van der Waals surface area contributed by atoms with Crippen molar-refractivity contribution in [3.8, 4) is 11.3 Å². The Hall–Kier alpha value is -3.28. The molecule has 2 heterocycles. The lowest BCUT2D eigenvalue weighted by Gasteiger charge is -2.08. The highest BCUT2D eigenvalue weighted by atomic mass is 16.5. The number of fused-ring (bicyclic) bond motifs is 1. The number of hydrogen-bond donors (Lipinski definition) is 1. The fourth-order valence-electron chi connectivity index (χ4n) is 2.89. The van der Waals surface area contributed by atoms with Crippen molar-refractivity contribution in [2.45, 2.75) is 26.7 Å². The van der Waals surface area contributed by atoms with E-state index in [1.165, 1.54) is 6.33 Å². The standard InChI is InChI=1S/C21H21N3O3/c1-4-13(3)17(25)10-14-7-6-8-15(9-14)19-18-16(21(26)27-5-2)11-22-20(18)24-12-23-19/h6-9,11-12H,3-5,10H2,1-2H3,(H,22,23,24). The van der Waals surface area contributed by atoms with E-state index in [2.05, 4.69) is 21.5 Å². The van der Waals surface area contributed by atoms with E-state index < -0.39 is 5.97 Å². The number of nitrogens with one attached hydrogen (secondary N) is 1. The molecule has 3 aromatic rings. The molecule has 0 fully saturated rings. The molecule has 6 nitrogen and oxygen atoms in total. The predicted octanol–water partition coefficient (Wildman–Crippen LogP) is 3.88. The number of ketones is 1. The van der Waals surface area contributed by atoms with Crippen molar-refractivity contribution in [2.75, 3.05) is 6.61 Å². The number of esters is 1. The monoisotopic (exact) mass is 363 g/mol. The number of allylic oxidation sites excluding steroid dienone is 1. The molecule has 138 valence electrons. The average Bonchev–Trinajstić information content (AvgIpc) is 3.12. The molecule has 0 unspecified atom stereocenters. The molecule has 0 amide bonds. The van der Waals surface area contributed by atoms with Crippen LogP contribution in [-0.4, -0.2) is 33.3 Å². The van der Waals surface area contributed by atoms with E-state index in [0.29, 0.717) is 34.3 Å². The number of hydrogen-bond acceptors (Lipinski definition) is 5. The first-order valence-electron chi connectivity index (χ1n) is 8.84. The van der Waals surface area contributed by atoms with Crippen molar-refractivity contribution in [3.05, 3.63) is 60.1 Å². The molecule has 0 saturated carbocycles. The average molecular weight is 363 g/mol. The maximum absolute atomic E-state index is 12.3. The second-order valence-corrected chi connectivity index (χ2v) is 6.13. The summed E-state index contributed by atoms with van der Waals surface area (Å²) in [7, 11) is 0. The molecule has 2 aromatic heterocycles. The SMILES string of the molecule is C=C(CC)C(=O)Cc1cccc(-c2ncnc3[nH]cc(C(=O)OCC)c23)c1. The first-order chi connectivity index (χ1) is 13.0. The minimum absolute atomic E-state index is 0.0244. The Morgan fingerprint density at radius 1 is 1.22 bits per heavy atom. The molecule has 0 bridgehead atoms. The first kappa shape index (κ1) is 18.5. The van der Waals surface area contributed by atoms with E-state index in [9.17, 15) is 9.59 Å². The number of carbonyl (C=O) groups excluding carboxylic acids is 2. The van der Waals surface area contributed by atoms with E-state index in [-0.39, 0.29) is 18.8 Å². The fourth-order valence-corrected chi connectivity index (χ4v) is 2.89. The van der Waals surface area contributed by atoms with E-state index in [0.717, 1.165) is 11.1 Å². The van der Waals surface area contributed by atoms with Crippen LogP contribution in [0.3, 0.4) is 0 Å². The van der Waals surface area contributed by atoms with E-state index >= 15 is 0 Å². The van der Waals surface area contributed by atoms with Crippen molar-refractivity contribution >= 4 is 22.8 Å². The zero-order chi connectivity index (χ0) is 19.4. The number of nitrogens with zero attached hydrogens (tertiary/aromatic N) is 2. The van der Waals surface area contributed by atoms with Crippen LogP contribution in [0.4, 0.5) is 0 Å². The largest absolute Gasteiger partial charge is 0.462 e. The van der Waals surface area contributed by atoms with Gasteiger partial charge in [-0.05, 0) is 30.5 Å². The summed E-state index contributed by atoms with van der Waals surface area (Å²) in [6.45, 7) is 7.76. The van der Waals surface area contributed by atoms with Crippen molar-refractivity contribution in [1.82, 2.24) is 15.0 Å². The van der Waals surface area contributed by atoms with Gasteiger partial charge in [0.25, 0.3) is 0 Å². The number of rotatable bonds is 7. The molecule has 27 heavy (non-hydrogen) atoms. The highest BCUT2D eigenvalue weighted by molar-refractivity contribution is 6.08. The van der Waals surface area contributed by atoms with Gasteiger partial charge in [0.15, 0.2) is 5.78 Å². The summed E-state index contributed by atoms with van der Waals surface area (Å²) in [4.78, 5) is 36.0. The third-order valence-electron chi connectivity index (χ3n) is 4.35. The number of aromatic amines is 1. The maximum Gasteiger partial charge on any atom is 0.340 e. The Labute approximate surface area is 157 Å². The van der Waals surface area contributed by atoms with Gasteiger partial charge in [0, 0.05) is 18.2 Å². The molecule has 0 aliphatic carbocycles. The van der Waals surface area contributed by atoms with Crippen molar-refractivity contribution in [3.63, 3.8) is 0 Å². The van der Waals surface area contributed by atoms with E-state index in [1.807, 2.05) is 31.2 Å². The summed E-state index contributed by atoms with van der Waals surface area (Å²) < 4.78 is 5.13. The molecule has 0 aliphatic rings. The molecule has 6 heteroatoms. The van der Waals surface area contributed by atoms with Crippen LogP contribution in [-0.2, 0) is 16.0 Å². The normalized spacial score (nSPS) is 10.7. The Balaban J connectivity index is 2.04. The second-order valence-electron chi connectivity index (χ2n) is 6.13. The van der Waals surface area contributed by atoms with Crippen molar-refractivity contribution < 1.29 is 14.3 Å². The third kappa shape index (κ3) is 3.79. The lowest BCUT2D eigenvalue weighted by Crippen LogP contribution is -2.05. The zero-order valence-corrected chi connectivity index (χ0v) is 15.4. The van der Waals surface area contributed by atoms with Crippen LogP contribution in [0, 0.1) is 0 Å². The summed E-state index contributed by atoms with van der Waals surface area (Å²) in [6.07, 6.45) is 3.95. The molecule has 0 spiro atoms. The van der Waals surface area contributed by atoms with E-state index in [4.69, 9.17) is 4.74 Å². The molecule has 0 aliphatic heterocycles. The van der Waals surface area contributed by atoms with Crippen LogP contribution in [0.25, 0.3) is 22.3 Å². The number of benzene rings is 1. The molecular formula is C21H21N3O3. The van der Waals surface area contributed by atoms with Gasteiger partial charge in [0.2, 0.25) is 0 Å². The molecule has 1 aromatic carbocycles. The molecule has 3 rings (SSSR count). The van der Waals surface area contributed by atoms with Gasteiger partial charge in [-0.15, -0.1) is 0 Å². The summed E-state index contributed by atoms with van der Waals surface area (Å²) in [5.41, 5.74) is 3.85. The van der Waals surface area contributed by atoms with Gasteiger partial charge in [-0.1, -0.05) is 31.7 Å². The van der Waals surface area contributed by atoms with Crippen LogP contribution in [0.2, 0.25) is 0 Å². The van der Waals surface area contributed by atoms with Crippen LogP contribution in [0.15, 0.2) is 48.9 Å². The predicted molar refractivity (Wildman–Crippen MR) is 103 cm³/mol. The lowest BCUT2D eigenvalue weighted by molar-refractivity contribution is -0.115. The number of H-pyrrole nitrogens is 1. The van der Waals surface area contributed by atoms with Gasteiger partial charge in [-0.25, -0.2) is 14.8 Å². The number of carbonyl (C=O) groups is 2. The van der Waals surface area contributed by atoms with Crippen LogP contribution < -0.4 is 0 Å². The molecule has 0 atom stereocenters. The second kappa shape index (κ2) is 7.95. The Bertz CT molecular complexity index is 1020. The summed E-state index contributed by atoms with van der Waals surface area (Å²) in [5.74, 6) is -0.401. The molecule has 1 N–H and O–H groups in total.